The largest absolute Gasteiger partial charge is 0.353 e. The molecule has 1 aliphatic carbocycles. The van der Waals surface area contributed by atoms with E-state index in [1.807, 2.05) is 0 Å². The maximum atomic E-state index is 12.2. The van der Waals surface area contributed by atoms with Crippen LogP contribution in [0.25, 0.3) is 0 Å². The molecule has 1 aliphatic heterocycles. The van der Waals surface area contributed by atoms with E-state index in [2.05, 4.69) is 24.0 Å². The monoisotopic (exact) mass is 223 g/mol. The Hall–Kier alpha value is -0.570. The number of hydrogen-bond donors (Lipinski definition) is 2. The molecule has 0 bridgehead atoms. The maximum absolute atomic E-state index is 12.2. The van der Waals surface area contributed by atoms with Crippen molar-refractivity contribution in [3.8, 4) is 0 Å². The van der Waals surface area contributed by atoms with Crippen molar-refractivity contribution in [1.82, 2.24) is 10.6 Å². The molecule has 0 aromatic heterocycles. The van der Waals surface area contributed by atoms with Gasteiger partial charge >= 0.3 is 0 Å². The molecule has 0 atom stereocenters. The van der Waals surface area contributed by atoms with E-state index in [0.29, 0.717) is 6.04 Å². The minimum atomic E-state index is -0.133. The lowest BCUT2D eigenvalue weighted by Gasteiger charge is -2.35. The van der Waals surface area contributed by atoms with Crippen LogP contribution < -0.4 is 10.6 Å². The summed E-state index contributed by atoms with van der Waals surface area (Å²) in [4.78, 5) is 12.2. The highest BCUT2D eigenvalue weighted by Gasteiger charge is 2.35. The molecule has 1 heterocycles. The fourth-order valence-corrected chi connectivity index (χ4v) is 2.64. The summed E-state index contributed by atoms with van der Waals surface area (Å²) in [5.74, 6) is 0.279. The summed E-state index contributed by atoms with van der Waals surface area (Å²) in [7, 11) is 0. The van der Waals surface area contributed by atoms with Crippen LogP contribution in [0.4, 0.5) is 0 Å². The van der Waals surface area contributed by atoms with Crippen molar-refractivity contribution in [2.45, 2.75) is 51.5 Å². The van der Waals surface area contributed by atoms with Gasteiger partial charge in [-0.15, -0.1) is 0 Å². The Labute approximate surface area is 98.4 Å². The first-order chi connectivity index (χ1) is 7.71. The van der Waals surface area contributed by atoms with Gasteiger partial charge in [-0.2, -0.15) is 0 Å². The van der Waals surface area contributed by atoms with E-state index in [-0.39, 0.29) is 11.3 Å². The van der Waals surface area contributed by atoms with Gasteiger partial charge in [0.2, 0.25) is 5.91 Å². The second kappa shape index (κ2) is 5.17. The van der Waals surface area contributed by atoms with Crippen molar-refractivity contribution in [3.05, 3.63) is 6.42 Å². The van der Waals surface area contributed by atoms with Gasteiger partial charge in [-0.25, -0.2) is 0 Å². The third-order valence-corrected chi connectivity index (χ3v) is 4.03. The van der Waals surface area contributed by atoms with E-state index >= 15 is 0 Å². The number of nitrogens with one attached hydrogen (secondary N) is 2. The normalized spacial score (nSPS) is 26.3. The molecule has 2 rings (SSSR count). The van der Waals surface area contributed by atoms with E-state index in [1.54, 1.807) is 0 Å². The average Bonchev–Trinajstić information content (AvgIpc) is 2.31. The molecule has 3 heteroatoms. The first kappa shape index (κ1) is 11.9. The SMILES string of the molecule is CC1(C(=O)NC2CC[CH]CC2)CCNCC1. The number of rotatable bonds is 2. The van der Waals surface area contributed by atoms with Crippen molar-refractivity contribution in [2.24, 2.45) is 5.41 Å². The van der Waals surface area contributed by atoms with Crippen LogP contribution in [0.1, 0.15) is 45.4 Å². The van der Waals surface area contributed by atoms with Gasteiger partial charge in [0.1, 0.15) is 0 Å². The second-order valence-corrected chi connectivity index (χ2v) is 5.42. The summed E-state index contributed by atoms with van der Waals surface area (Å²) in [6.07, 6.45) is 8.83. The smallest absolute Gasteiger partial charge is 0.226 e. The minimum absolute atomic E-state index is 0.133. The average molecular weight is 223 g/mol. The van der Waals surface area contributed by atoms with Gasteiger partial charge in [-0.05, 0) is 58.0 Å². The number of amides is 1. The molecule has 0 aromatic carbocycles. The zero-order chi connectivity index (χ0) is 11.4. The van der Waals surface area contributed by atoms with Crippen LogP contribution >= 0.6 is 0 Å². The lowest BCUT2D eigenvalue weighted by atomic mass is 9.79. The van der Waals surface area contributed by atoms with Crippen LogP contribution in [-0.4, -0.2) is 25.0 Å². The zero-order valence-corrected chi connectivity index (χ0v) is 10.2. The van der Waals surface area contributed by atoms with Crippen molar-refractivity contribution < 1.29 is 4.79 Å². The lowest BCUT2D eigenvalue weighted by Crippen LogP contribution is -2.49. The molecule has 3 nitrogen and oxygen atoms in total. The molecule has 1 saturated heterocycles. The molecular formula is C13H23N2O. The number of carbonyl (C=O) groups is 1. The molecule has 2 N–H and O–H groups in total. The van der Waals surface area contributed by atoms with Crippen molar-refractivity contribution >= 4 is 5.91 Å². The highest BCUT2D eigenvalue weighted by Crippen LogP contribution is 2.29. The van der Waals surface area contributed by atoms with Crippen LogP contribution in [0.5, 0.6) is 0 Å². The second-order valence-electron chi connectivity index (χ2n) is 5.42. The summed E-state index contributed by atoms with van der Waals surface area (Å²) < 4.78 is 0. The third-order valence-electron chi connectivity index (χ3n) is 4.03. The van der Waals surface area contributed by atoms with E-state index in [0.717, 1.165) is 51.6 Å². The summed E-state index contributed by atoms with van der Waals surface area (Å²) in [6, 6.07) is 0.421. The van der Waals surface area contributed by atoms with Gasteiger partial charge in [-0.1, -0.05) is 6.92 Å². The highest BCUT2D eigenvalue weighted by atomic mass is 16.2. The molecule has 2 aliphatic rings. The Kier molecular flexibility index (Phi) is 3.85. The summed E-state index contributed by atoms with van der Waals surface area (Å²) in [5, 5.41) is 6.56. The molecule has 1 radical (unpaired) electrons. The van der Waals surface area contributed by atoms with Crippen molar-refractivity contribution in [2.75, 3.05) is 13.1 Å². The highest BCUT2D eigenvalue weighted by molar-refractivity contribution is 5.82. The topological polar surface area (TPSA) is 41.1 Å². The van der Waals surface area contributed by atoms with Gasteiger partial charge in [0, 0.05) is 11.5 Å². The van der Waals surface area contributed by atoms with Crippen molar-refractivity contribution in [3.63, 3.8) is 0 Å². The summed E-state index contributed by atoms with van der Waals surface area (Å²) in [5.41, 5.74) is -0.133. The first-order valence-corrected chi connectivity index (χ1v) is 6.54. The fourth-order valence-electron chi connectivity index (χ4n) is 2.64. The van der Waals surface area contributed by atoms with Gasteiger partial charge < -0.3 is 10.6 Å². The predicted octanol–water partition coefficient (Wildman–Crippen LogP) is 1.64. The van der Waals surface area contributed by atoms with Crippen LogP contribution in [0.3, 0.4) is 0 Å². The quantitative estimate of drug-likeness (QED) is 0.747. The van der Waals surface area contributed by atoms with Crippen LogP contribution in [0.15, 0.2) is 0 Å². The first-order valence-electron chi connectivity index (χ1n) is 6.54. The Bertz CT molecular complexity index is 240. The molecule has 0 spiro atoms. The fraction of sp³-hybridized carbons (Fsp3) is 0.846. The number of hydrogen-bond acceptors (Lipinski definition) is 2. The molecular weight excluding hydrogens is 200 g/mol. The van der Waals surface area contributed by atoms with Crippen molar-refractivity contribution in [1.29, 1.82) is 0 Å². The Morgan fingerprint density at radius 2 is 1.94 bits per heavy atom. The molecule has 2 fully saturated rings. The van der Waals surface area contributed by atoms with Gasteiger partial charge in [0.25, 0.3) is 0 Å². The molecule has 1 amide bonds. The number of carbonyl (C=O) groups excluding carboxylic acids is 1. The van der Waals surface area contributed by atoms with E-state index in [1.165, 1.54) is 0 Å². The zero-order valence-electron chi connectivity index (χ0n) is 10.2. The van der Waals surface area contributed by atoms with Crippen LogP contribution in [0, 0.1) is 11.8 Å². The third kappa shape index (κ3) is 2.76. The molecule has 0 unspecified atom stereocenters. The van der Waals surface area contributed by atoms with Gasteiger partial charge in [0.05, 0.1) is 0 Å². The number of piperidine rings is 1. The predicted molar refractivity (Wildman–Crippen MR) is 64.9 cm³/mol. The maximum Gasteiger partial charge on any atom is 0.226 e. The molecule has 91 valence electrons. The Morgan fingerprint density at radius 1 is 1.31 bits per heavy atom. The molecule has 16 heavy (non-hydrogen) atoms. The minimum Gasteiger partial charge on any atom is -0.353 e. The lowest BCUT2D eigenvalue weighted by molar-refractivity contribution is -0.132. The molecule has 1 saturated carbocycles. The van der Waals surface area contributed by atoms with Gasteiger partial charge in [-0.3, -0.25) is 4.79 Å². The summed E-state index contributed by atoms with van der Waals surface area (Å²) >= 11 is 0. The van der Waals surface area contributed by atoms with Crippen LogP contribution in [0.2, 0.25) is 0 Å². The summed E-state index contributed by atoms with van der Waals surface area (Å²) in [6.45, 7) is 4.06. The van der Waals surface area contributed by atoms with Crippen LogP contribution in [-0.2, 0) is 4.79 Å². The molecule has 0 aromatic rings. The Balaban J connectivity index is 1.85. The van der Waals surface area contributed by atoms with E-state index in [9.17, 15) is 4.79 Å². The standard InChI is InChI=1S/C13H23N2O/c1-13(7-9-14-10-8-13)12(16)15-11-5-3-2-4-6-11/h2,11,14H,3-10H2,1H3,(H,15,16). The van der Waals surface area contributed by atoms with Gasteiger partial charge in [0.15, 0.2) is 0 Å². The van der Waals surface area contributed by atoms with E-state index in [4.69, 9.17) is 0 Å². The van der Waals surface area contributed by atoms with E-state index < -0.39 is 0 Å². The Morgan fingerprint density at radius 3 is 2.56 bits per heavy atom.